The van der Waals surface area contributed by atoms with Crippen LogP contribution in [0.25, 0.3) is 11.1 Å². The van der Waals surface area contributed by atoms with Gasteiger partial charge in [-0.1, -0.05) is 0 Å². The quantitative estimate of drug-likeness (QED) is 0.898. The molecule has 1 saturated carbocycles. The molecule has 2 heterocycles. The largest absolute Gasteiger partial charge is 0.481 e. The first kappa shape index (κ1) is 17.6. The Balaban J connectivity index is 0.000000174. The minimum absolute atomic E-state index is 0.319. The fourth-order valence-electron chi connectivity index (χ4n) is 2.68. The maximum atomic E-state index is 10.5. The van der Waals surface area contributed by atoms with Crippen molar-refractivity contribution >= 4 is 11.9 Å². The number of nitrogens with zero attached hydrogens (tertiary/aromatic N) is 2. The second-order valence-electron chi connectivity index (χ2n) is 5.70. The lowest BCUT2D eigenvalue weighted by Crippen LogP contribution is -2.25. The normalized spacial score (nSPS) is 19.7. The van der Waals surface area contributed by atoms with Crippen molar-refractivity contribution in [2.75, 3.05) is 0 Å². The molecule has 0 radical (unpaired) electrons. The van der Waals surface area contributed by atoms with Gasteiger partial charge in [0, 0.05) is 24.8 Å². The van der Waals surface area contributed by atoms with Gasteiger partial charge in [0.05, 0.1) is 11.8 Å². The van der Waals surface area contributed by atoms with Crippen molar-refractivity contribution in [1.29, 1.82) is 0 Å². The molecule has 0 saturated heterocycles. The highest BCUT2D eigenvalue weighted by Crippen LogP contribution is 2.28. The molecule has 0 atom stereocenters. The van der Waals surface area contributed by atoms with E-state index in [9.17, 15) is 9.59 Å². The lowest BCUT2D eigenvalue weighted by Gasteiger charge is -2.22. The summed E-state index contributed by atoms with van der Waals surface area (Å²) in [6.07, 6.45) is 9.17. The number of hydrogen-bond acceptors (Lipinski definition) is 4. The maximum Gasteiger partial charge on any atom is 0.306 e. The van der Waals surface area contributed by atoms with Crippen molar-refractivity contribution in [3.8, 4) is 11.1 Å². The van der Waals surface area contributed by atoms with Gasteiger partial charge >= 0.3 is 11.9 Å². The fraction of sp³-hybridized carbons (Fsp3) is 0.333. The highest BCUT2D eigenvalue weighted by Gasteiger charge is 2.29. The maximum absolute atomic E-state index is 10.5. The Morgan fingerprint density at radius 2 is 1.00 bits per heavy atom. The molecular formula is C18H20N2O4. The van der Waals surface area contributed by atoms with Gasteiger partial charge in [-0.05, 0) is 61.1 Å². The number of aromatic nitrogens is 2. The number of carboxylic acid groups (broad SMARTS) is 2. The smallest absolute Gasteiger partial charge is 0.306 e. The van der Waals surface area contributed by atoms with Gasteiger partial charge in [-0.25, -0.2) is 0 Å². The highest BCUT2D eigenvalue weighted by molar-refractivity contribution is 5.72. The molecule has 0 unspecified atom stereocenters. The summed E-state index contributed by atoms with van der Waals surface area (Å²) in [5.41, 5.74) is 2.35. The molecule has 0 aromatic carbocycles. The lowest BCUT2D eigenvalue weighted by molar-refractivity contribution is -0.148. The van der Waals surface area contributed by atoms with Crippen molar-refractivity contribution in [2.24, 2.45) is 11.8 Å². The van der Waals surface area contributed by atoms with E-state index in [-0.39, 0.29) is 11.8 Å². The van der Waals surface area contributed by atoms with Crippen LogP contribution in [0.3, 0.4) is 0 Å². The topological polar surface area (TPSA) is 100 Å². The summed E-state index contributed by atoms with van der Waals surface area (Å²) in [6.45, 7) is 0. The number of rotatable bonds is 3. The second kappa shape index (κ2) is 8.76. The van der Waals surface area contributed by atoms with Crippen molar-refractivity contribution in [3.05, 3.63) is 49.1 Å². The number of carbonyl (C=O) groups is 2. The van der Waals surface area contributed by atoms with E-state index in [2.05, 4.69) is 9.97 Å². The minimum Gasteiger partial charge on any atom is -0.481 e. The molecular weight excluding hydrogens is 308 g/mol. The molecule has 0 aliphatic heterocycles. The predicted octanol–water partition coefficient (Wildman–Crippen LogP) is 3.11. The van der Waals surface area contributed by atoms with Crippen molar-refractivity contribution in [3.63, 3.8) is 0 Å². The molecule has 126 valence electrons. The third-order valence-corrected chi connectivity index (χ3v) is 4.12. The van der Waals surface area contributed by atoms with Crippen LogP contribution in [-0.4, -0.2) is 32.1 Å². The number of pyridine rings is 2. The van der Waals surface area contributed by atoms with Gasteiger partial charge < -0.3 is 10.2 Å². The van der Waals surface area contributed by atoms with E-state index in [1.807, 2.05) is 24.3 Å². The molecule has 0 bridgehead atoms. The summed E-state index contributed by atoms with van der Waals surface area (Å²) >= 11 is 0. The molecule has 2 N–H and O–H groups in total. The van der Waals surface area contributed by atoms with Crippen molar-refractivity contribution in [1.82, 2.24) is 9.97 Å². The lowest BCUT2D eigenvalue weighted by atomic mass is 9.82. The first-order valence-electron chi connectivity index (χ1n) is 7.84. The van der Waals surface area contributed by atoms with E-state index in [4.69, 9.17) is 10.2 Å². The van der Waals surface area contributed by atoms with Gasteiger partial charge in [0.15, 0.2) is 0 Å². The van der Waals surface area contributed by atoms with Crippen molar-refractivity contribution < 1.29 is 19.8 Å². The zero-order valence-corrected chi connectivity index (χ0v) is 13.2. The van der Waals surface area contributed by atoms with E-state index in [1.54, 1.807) is 24.8 Å². The fourth-order valence-corrected chi connectivity index (χ4v) is 2.68. The number of hydrogen-bond donors (Lipinski definition) is 2. The zero-order chi connectivity index (χ0) is 17.4. The second-order valence-corrected chi connectivity index (χ2v) is 5.70. The Hall–Kier alpha value is -2.76. The highest BCUT2D eigenvalue weighted by atomic mass is 16.4. The molecule has 24 heavy (non-hydrogen) atoms. The number of carboxylic acids is 2. The van der Waals surface area contributed by atoms with Crippen LogP contribution >= 0.6 is 0 Å². The molecule has 6 heteroatoms. The van der Waals surface area contributed by atoms with Crippen LogP contribution in [0.2, 0.25) is 0 Å². The van der Waals surface area contributed by atoms with Gasteiger partial charge in [-0.2, -0.15) is 0 Å². The van der Waals surface area contributed by atoms with Gasteiger partial charge in [0.1, 0.15) is 0 Å². The van der Waals surface area contributed by atoms with Crippen LogP contribution in [0.15, 0.2) is 49.1 Å². The summed E-state index contributed by atoms with van der Waals surface area (Å²) < 4.78 is 0. The van der Waals surface area contributed by atoms with E-state index >= 15 is 0 Å². The van der Waals surface area contributed by atoms with Crippen molar-refractivity contribution in [2.45, 2.75) is 25.7 Å². The molecule has 0 spiro atoms. The first-order valence-corrected chi connectivity index (χ1v) is 7.84. The molecule has 2 aromatic rings. The van der Waals surface area contributed by atoms with E-state index in [0.29, 0.717) is 25.7 Å². The van der Waals surface area contributed by atoms with Crippen LogP contribution < -0.4 is 0 Å². The Kier molecular flexibility index (Phi) is 6.42. The molecule has 1 fully saturated rings. The summed E-state index contributed by atoms with van der Waals surface area (Å²) in [7, 11) is 0. The molecule has 1 aliphatic carbocycles. The molecule has 2 aromatic heterocycles. The van der Waals surface area contributed by atoms with E-state index < -0.39 is 11.9 Å². The van der Waals surface area contributed by atoms with Crippen LogP contribution in [0, 0.1) is 11.8 Å². The molecule has 1 aliphatic rings. The van der Waals surface area contributed by atoms with Crippen LogP contribution in [0.5, 0.6) is 0 Å². The zero-order valence-electron chi connectivity index (χ0n) is 13.2. The Morgan fingerprint density at radius 3 is 1.25 bits per heavy atom. The third kappa shape index (κ3) is 5.15. The predicted molar refractivity (Wildman–Crippen MR) is 88.2 cm³/mol. The average molecular weight is 328 g/mol. The monoisotopic (exact) mass is 328 g/mol. The van der Waals surface area contributed by atoms with Gasteiger partial charge in [-0.15, -0.1) is 0 Å². The Morgan fingerprint density at radius 1 is 0.708 bits per heavy atom. The van der Waals surface area contributed by atoms with Gasteiger partial charge in [0.25, 0.3) is 0 Å². The summed E-state index contributed by atoms with van der Waals surface area (Å²) in [5.74, 6) is -2.22. The average Bonchev–Trinajstić information content (AvgIpc) is 2.64. The van der Waals surface area contributed by atoms with Gasteiger partial charge in [-0.3, -0.25) is 19.6 Å². The summed E-state index contributed by atoms with van der Waals surface area (Å²) in [5, 5.41) is 17.2. The van der Waals surface area contributed by atoms with Crippen LogP contribution in [0.4, 0.5) is 0 Å². The minimum atomic E-state index is -0.793. The Bertz CT molecular complexity index is 594. The van der Waals surface area contributed by atoms with Crippen LogP contribution in [-0.2, 0) is 9.59 Å². The number of aliphatic carboxylic acids is 2. The van der Waals surface area contributed by atoms with E-state index in [1.165, 1.54) is 11.1 Å². The van der Waals surface area contributed by atoms with E-state index in [0.717, 1.165) is 0 Å². The van der Waals surface area contributed by atoms with Gasteiger partial charge in [0.2, 0.25) is 0 Å². The Labute approximate surface area is 140 Å². The summed E-state index contributed by atoms with van der Waals surface area (Å²) in [6, 6.07) is 7.93. The molecule has 6 nitrogen and oxygen atoms in total. The molecule has 3 rings (SSSR count). The molecule has 0 amide bonds. The standard InChI is InChI=1S/C10H8N2.C8H12O4/c1-5-11-6-2-9(1)10-3-7-12-8-4-10;9-7(10)5-1-2-6(4-3-5)8(11)12/h1-8H;5-6H,1-4H2,(H,9,10)(H,11,12). The first-order chi connectivity index (χ1) is 11.6. The third-order valence-electron chi connectivity index (χ3n) is 4.12. The summed E-state index contributed by atoms with van der Waals surface area (Å²) in [4.78, 5) is 28.9. The SMILES string of the molecule is O=C(O)C1CCC(C(=O)O)CC1.c1cc(-c2ccncc2)ccn1. The van der Waals surface area contributed by atoms with Crippen LogP contribution in [0.1, 0.15) is 25.7 Å².